The molecule has 2 rings (SSSR count). The minimum absolute atomic E-state index is 0.0470. The van der Waals surface area contributed by atoms with Crippen molar-refractivity contribution in [3.8, 4) is 0 Å². The highest BCUT2D eigenvalue weighted by Crippen LogP contribution is 2.28. The lowest BCUT2D eigenvalue weighted by molar-refractivity contribution is -0.387. The second-order valence-corrected chi connectivity index (χ2v) is 6.11. The van der Waals surface area contributed by atoms with Crippen molar-refractivity contribution in [3.05, 3.63) is 50.9 Å². The summed E-state index contributed by atoms with van der Waals surface area (Å²) in [4.78, 5) is 16.8. The topological polar surface area (TPSA) is 115 Å². The zero-order valence-electron chi connectivity index (χ0n) is 10.0. The molecule has 8 nitrogen and oxygen atoms in total. The van der Waals surface area contributed by atoms with E-state index in [9.17, 15) is 18.5 Å². The van der Waals surface area contributed by atoms with Crippen LogP contribution < -0.4 is 4.72 Å². The van der Waals surface area contributed by atoms with Gasteiger partial charge >= 0.3 is 0 Å². The van der Waals surface area contributed by atoms with Crippen molar-refractivity contribution in [2.45, 2.75) is 4.90 Å². The number of nitrogens with one attached hydrogen (secondary N) is 1. The lowest BCUT2D eigenvalue weighted by atomic mass is 10.3. The van der Waals surface area contributed by atoms with Gasteiger partial charge in [0.1, 0.15) is 5.82 Å². The Bertz CT molecular complexity index is 812. The molecule has 11 heteroatoms. The van der Waals surface area contributed by atoms with Crippen LogP contribution in [0, 0.1) is 10.1 Å². The molecule has 1 heterocycles. The number of nitro groups is 1. The van der Waals surface area contributed by atoms with Crippen LogP contribution in [-0.2, 0) is 10.0 Å². The Morgan fingerprint density at radius 1 is 1.24 bits per heavy atom. The third-order valence-corrected chi connectivity index (χ3v) is 4.09. The molecule has 0 amide bonds. The van der Waals surface area contributed by atoms with Gasteiger partial charge in [-0.05, 0) is 29.8 Å². The quantitative estimate of drug-likeness (QED) is 0.515. The lowest BCUT2D eigenvalue weighted by Crippen LogP contribution is -2.15. The molecule has 0 aliphatic carbocycles. The molecule has 1 aromatic carbocycles. The van der Waals surface area contributed by atoms with Crippen LogP contribution in [0.3, 0.4) is 0 Å². The van der Waals surface area contributed by atoms with Gasteiger partial charge in [0.05, 0.1) is 4.92 Å². The van der Waals surface area contributed by atoms with E-state index < -0.39 is 25.5 Å². The van der Waals surface area contributed by atoms with Crippen LogP contribution in [0.2, 0.25) is 10.3 Å². The van der Waals surface area contributed by atoms with Crippen LogP contribution in [0.25, 0.3) is 0 Å². The third-order valence-electron chi connectivity index (χ3n) is 2.27. The fourth-order valence-corrected chi connectivity index (χ4v) is 2.91. The Hall–Kier alpha value is -1.97. The molecular formula is C10H6Cl2N4O4S. The highest BCUT2D eigenvalue weighted by atomic mass is 35.5. The summed E-state index contributed by atoms with van der Waals surface area (Å²) in [6, 6.07) is 4.47. The van der Waals surface area contributed by atoms with Gasteiger partial charge in [-0.1, -0.05) is 11.6 Å². The first-order valence-corrected chi connectivity index (χ1v) is 7.49. The number of hydrogen-bond acceptors (Lipinski definition) is 6. The van der Waals surface area contributed by atoms with Crippen molar-refractivity contribution < 1.29 is 13.3 Å². The van der Waals surface area contributed by atoms with Crippen LogP contribution in [0.1, 0.15) is 0 Å². The van der Waals surface area contributed by atoms with E-state index in [2.05, 4.69) is 14.7 Å². The first-order chi connectivity index (χ1) is 9.79. The summed E-state index contributed by atoms with van der Waals surface area (Å²) in [6.07, 6.45) is 1.24. The summed E-state index contributed by atoms with van der Waals surface area (Å²) >= 11 is 11.2. The van der Waals surface area contributed by atoms with Gasteiger partial charge in [0.15, 0.2) is 4.90 Å². The van der Waals surface area contributed by atoms with Crippen LogP contribution in [-0.4, -0.2) is 23.3 Å². The molecule has 21 heavy (non-hydrogen) atoms. The van der Waals surface area contributed by atoms with Gasteiger partial charge in [-0.3, -0.25) is 14.8 Å². The molecule has 0 aliphatic rings. The van der Waals surface area contributed by atoms with Gasteiger partial charge in [-0.25, -0.2) is 13.4 Å². The van der Waals surface area contributed by atoms with Crippen molar-refractivity contribution in [2.75, 3.05) is 4.72 Å². The Balaban J connectivity index is 2.47. The van der Waals surface area contributed by atoms with Crippen molar-refractivity contribution in [3.63, 3.8) is 0 Å². The monoisotopic (exact) mass is 348 g/mol. The van der Waals surface area contributed by atoms with E-state index in [0.29, 0.717) is 0 Å². The van der Waals surface area contributed by atoms with E-state index in [1.807, 2.05) is 0 Å². The predicted octanol–water partition coefficient (Wildman–Crippen LogP) is 2.49. The van der Waals surface area contributed by atoms with Gasteiger partial charge in [0.25, 0.3) is 15.7 Å². The summed E-state index contributed by atoms with van der Waals surface area (Å²) in [5.74, 6) is -0.112. The number of rotatable bonds is 4. The summed E-state index contributed by atoms with van der Waals surface area (Å²) in [6.45, 7) is 0. The molecule has 0 spiro atoms. The lowest BCUT2D eigenvalue weighted by Gasteiger charge is -2.07. The van der Waals surface area contributed by atoms with Crippen molar-refractivity contribution in [1.82, 2.24) is 9.97 Å². The highest BCUT2D eigenvalue weighted by Gasteiger charge is 2.26. The molecule has 110 valence electrons. The maximum atomic E-state index is 12.2. The zero-order valence-corrected chi connectivity index (χ0v) is 12.4. The maximum absolute atomic E-state index is 12.2. The molecule has 0 atom stereocenters. The molecule has 0 aliphatic heterocycles. The molecule has 0 unspecified atom stereocenters. The number of hydrogen-bond donors (Lipinski definition) is 1. The maximum Gasteiger partial charge on any atom is 0.291 e. The standard InChI is InChI=1S/C10H6Cl2N4O4S/c11-6-1-2-8(7(5-6)16(17)18)21(19,20)15-9-3-4-13-10(12)14-9/h1-5H,(H,13,14,15). The minimum atomic E-state index is -4.22. The molecule has 0 saturated heterocycles. The summed E-state index contributed by atoms with van der Waals surface area (Å²) in [5, 5.41) is 10.8. The third kappa shape index (κ3) is 3.57. The molecule has 2 aromatic rings. The fourth-order valence-electron chi connectivity index (χ4n) is 1.44. The Labute approximate surface area is 128 Å². The molecule has 0 bridgehead atoms. The molecular weight excluding hydrogens is 343 g/mol. The van der Waals surface area contributed by atoms with E-state index in [1.54, 1.807) is 0 Å². The molecule has 0 radical (unpaired) electrons. The first-order valence-electron chi connectivity index (χ1n) is 5.25. The van der Waals surface area contributed by atoms with Gasteiger partial charge in [0, 0.05) is 17.3 Å². The normalized spacial score (nSPS) is 11.1. The van der Waals surface area contributed by atoms with E-state index in [1.165, 1.54) is 18.3 Å². The average molecular weight is 349 g/mol. The van der Waals surface area contributed by atoms with Crippen molar-refractivity contribution in [1.29, 1.82) is 0 Å². The summed E-state index contributed by atoms with van der Waals surface area (Å²) in [7, 11) is -4.22. The molecule has 0 fully saturated rings. The van der Waals surface area contributed by atoms with E-state index in [4.69, 9.17) is 23.2 Å². The number of anilines is 1. The van der Waals surface area contributed by atoms with Crippen LogP contribution >= 0.6 is 23.2 Å². The second kappa shape index (κ2) is 5.80. The fraction of sp³-hybridized carbons (Fsp3) is 0. The van der Waals surface area contributed by atoms with E-state index >= 15 is 0 Å². The van der Waals surface area contributed by atoms with Crippen LogP contribution in [0.5, 0.6) is 0 Å². The first kappa shape index (κ1) is 15.4. The largest absolute Gasteiger partial charge is 0.291 e. The summed E-state index contributed by atoms with van der Waals surface area (Å²) < 4.78 is 26.5. The smallest absolute Gasteiger partial charge is 0.263 e. The average Bonchev–Trinajstić information content (AvgIpc) is 2.37. The summed E-state index contributed by atoms with van der Waals surface area (Å²) in [5.41, 5.74) is -0.643. The SMILES string of the molecule is O=[N+]([O-])c1cc(Cl)ccc1S(=O)(=O)Nc1ccnc(Cl)n1. The van der Waals surface area contributed by atoms with Gasteiger partial charge in [-0.15, -0.1) is 0 Å². The van der Waals surface area contributed by atoms with Crippen molar-refractivity contribution in [2.24, 2.45) is 0 Å². The number of nitrogens with zero attached hydrogens (tertiary/aromatic N) is 3. The minimum Gasteiger partial charge on any atom is -0.263 e. The van der Waals surface area contributed by atoms with Crippen LogP contribution in [0.4, 0.5) is 11.5 Å². The zero-order chi connectivity index (χ0) is 15.6. The molecule has 1 N–H and O–H groups in total. The van der Waals surface area contributed by atoms with E-state index in [0.717, 1.165) is 12.1 Å². The van der Waals surface area contributed by atoms with Gasteiger partial charge in [-0.2, -0.15) is 4.98 Å². The van der Waals surface area contributed by atoms with Gasteiger partial charge in [0.2, 0.25) is 5.28 Å². The number of benzene rings is 1. The number of halogens is 2. The Morgan fingerprint density at radius 2 is 1.95 bits per heavy atom. The number of aromatic nitrogens is 2. The second-order valence-electron chi connectivity index (χ2n) is 3.69. The highest BCUT2D eigenvalue weighted by molar-refractivity contribution is 7.92. The number of sulfonamides is 1. The van der Waals surface area contributed by atoms with Crippen molar-refractivity contribution >= 4 is 44.7 Å². The van der Waals surface area contributed by atoms with Crippen LogP contribution in [0.15, 0.2) is 35.4 Å². The Kier molecular flexibility index (Phi) is 4.26. The molecule has 1 aromatic heterocycles. The van der Waals surface area contributed by atoms with Gasteiger partial charge < -0.3 is 0 Å². The van der Waals surface area contributed by atoms with E-state index in [-0.39, 0.29) is 16.1 Å². The number of nitro benzene ring substituents is 1. The molecule has 0 saturated carbocycles. The Morgan fingerprint density at radius 3 is 2.57 bits per heavy atom. The predicted molar refractivity (Wildman–Crippen MR) is 76.0 cm³/mol.